The van der Waals surface area contributed by atoms with E-state index in [4.69, 9.17) is 10.2 Å². The Bertz CT molecular complexity index is 374. The van der Waals surface area contributed by atoms with E-state index in [-0.39, 0.29) is 5.69 Å². The second-order valence-electron chi connectivity index (χ2n) is 2.89. The molecule has 1 rings (SSSR count). The summed E-state index contributed by atoms with van der Waals surface area (Å²) in [6.07, 6.45) is 1.42. The van der Waals surface area contributed by atoms with Gasteiger partial charge in [-0.1, -0.05) is 0 Å². The molecule has 0 aliphatic rings. The Kier molecular flexibility index (Phi) is 3.40. The highest BCUT2D eigenvalue weighted by Crippen LogP contribution is 1.96. The molecule has 0 fully saturated rings. The largest absolute Gasteiger partial charge is 0.480 e. The van der Waals surface area contributed by atoms with Gasteiger partial charge in [0.1, 0.15) is 5.69 Å². The molecule has 15 heavy (non-hydrogen) atoms. The highest BCUT2D eigenvalue weighted by molar-refractivity contribution is 5.95. The SMILES string of the molecule is Cn1nccc1C(=O)N[C@H](CO)C(=O)O. The van der Waals surface area contributed by atoms with Gasteiger partial charge in [-0.3, -0.25) is 9.48 Å². The fraction of sp³-hybridized carbons (Fsp3) is 0.375. The molecule has 1 aromatic rings. The van der Waals surface area contributed by atoms with E-state index in [1.54, 1.807) is 7.05 Å². The normalized spacial score (nSPS) is 12.1. The van der Waals surface area contributed by atoms with Gasteiger partial charge in [-0.15, -0.1) is 0 Å². The average Bonchev–Trinajstić information content (AvgIpc) is 2.60. The first kappa shape index (κ1) is 11.2. The van der Waals surface area contributed by atoms with Crippen LogP contribution in [0.15, 0.2) is 12.3 Å². The van der Waals surface area contributed by atoms with Crippen molar-refractivity contribution in [3.05, 3.63) is 18.0 Å². The van der Waals surface area contributed by atoms with Crippen molar-refractivity contribution in [1.82, 2.24) is 15.1 Å². The zero-order chi connectivity index (χ0) is 11.4. The zero-order valence-electron chi connectivity index (χ0n) is 8.04. The number of rotatable bonds is 4. The van der Waals surface area contributed by atoms with E-state index in [0.717, 1.165) is 0 Å². The van der Waals surface area contributed by atoms with Crippen LogP contribution >= 0.6 is 0 Å². The number of carboxylic acid groups (broad SMARTS) is 1. The zero-order valence-corrected chi connectivity index (χ0v) is 8.04. The molecule has 1 atom stereocenters. The van der Waals surface area contributed by atoms with E-state index in [2.05, 4.69) is 10.4 Å². The van der Waals surface area contributed by atoms with E-state index in [1.165, 1.54) is 16.9 Å². The molecule has 7 nitrogen and oxygen atoms in total. The number of carbonyl (C=O) groups is 2. The van der Waals surface area contributed by atoms with Gasteiger partial charge in [0.15, 0.2) is 6.04 Å². The van der Waals surface area contributed by atoms with E-state index < -0.39 is 24.5 Å². The molecular weight excluding hydrogens is 202 g/mol. The maximum atomic E-state index is 11.5. The van der Waals surface area contributed by atoms with Crippen LogP contribution in [0.3, 0.4) is 0 Å². The van der Waals surface area contributed by atoms with Gasteiger partial charge < -0.3 is 15.5 Å². The molecule has 0 aliphatic carbocycles. The highest BCUT2D eigenvalue weighted by atomic mass is 16.4. The first-order valence-electron chi connectivity index (χ1n) is 4.18. The van der Waals surface area contributed by atoms with Crippen LogP contribution in [0.4, 0.5) is 0 Å². The van der Waals surface area contributed by atoms with Crippen molar-refractivity contribution in [2.24, 2.45) is 7.05 Å². The van der Waals surface area contributed by atoms with E-state index in [1.807, 2.05) is 0 Å². The summed E-state index contributed by atoms with van der Waals surface area (Å²) in [6.45, 7) is -0.654. The van der Waals surface area contributed by atoms with E-state index in [0.29, 0.717) is 0 Å². The Morgan fingerprint density at radius 1 is 1.67 bits per heavy atom. The number of aliphatic hydroxyl groups is 1. The third-order valence-electron chi connectivity index (χ3n) is 1.84. The molecule has 82 valence electrons. The van der Waals surface area contributed by atoms with Crippen molar-refractivity contribution < 1.29 is 19.8 Å². The van der Waals surface area contributed by atoms with Crippen LogP contribution in [-0.2, 0) is 11.8 Å². The van der Waals surface area contributed by atoms with E-state index >= 15 is 0 Å². The van der Waals surface area contributed by atoms with Crippen molar-refractivity contribution >= 4 is 11.9 Å². The molecule has 1 heterocycles. The van der Waals surface area contributed by atoms with Gasteiger partial charge in [-0.05, 0) is 6.07 Å². The fourth-order valence-corrected chi connectivity index (χ4v) is 1.01. The van der Waals surface area contributed by atoms with Crippen LogP contribution in [0, 0.1) is 0 Å². The maximum absolute atomic E-state index is 11.5. The Morgan fingerprint density at radius 3 is 2.73 bits per heavy atom. The van der Waals surface area contributed by atoms with Gasteiger partial charge in [-0.2, -0.15) is 5.10 Å². The summed E-state index contributed by atoms with van der Waals surface area (Å²) in [7, 11) is 1.56. The number of nitrogens with one attached hydrogen (secondary N) is 1. The maximum Gasteiger partial charge on any atom is 0.328 e. The number of aliphatic hydroxyl groups excluding tert-OH is 1. The van der Waals surface area contributed by atoms with Crippen molar-refractivity contribution in [3.8, 4) is 0 Å². The Labute approximate surface area is 85.3 Å². The summed E-state index contributed by atoms with van der Waals surface area (Å²) >= 11 is 0. The van der Waals surface area contributed by atoms with Crippen LogP contribution < -0.4 is 5.32 Å². The molecule has 1 aromatic heterocycles. The van der Waals surface area contributed by atoms with Gasteiger partial charge in [0.2, 0.25) is 0 Å². The van der Waals surface area contributed by atoms with Crippen molar-refractivity contribution in [1.29, 1.82) is 0 Å². The smallest absolute Gasteiger partial charge is 0.328 e. The number of nitrogens with zero attached hydrogens (tertiary/aromatic N) is 2. The summed E-state index contributed by atoms with van der Waals surface area (Å²) in [6, 6.07) is 0.151. The summed E-state index contributed by atoms with van der Waals surface area (Å²) < 4.78 is 1.31. The quantitative estimate of drug-likeness (QED) is 0.570. The highest BCUT2D eigenvalue weighted by Gasteiger charge is 2.20. The molecule has 0 saturated heterocycles. The molecule has 3 N–H and O–H groups in total. The minimum Gasteiger partial charge on any atom is -0.480 e. The Balaban J connectivity index is 2.71. The number of amides is 1. The lowest BCUT2D eigenvalue weighted by molar-refractivity contribution is -0.140. The van der Waals surface area contributed by atoms with Crippen molar-refractivity contribution in [2.75, 3.05) is 6.61 Å². The van der Waals surface area contributed by atoms with Gasteiger partial charge >= 0.3 is 5.97 Å². The molecule has 0 radical (unpaired) electrons. The number of carbonyl (C=O) groups excluding carboxylic acids is 1. The van der Waals surface area contributed by atoms with Crippen LogP contribution in [0.2, 0.25) is 0 Å². The number of carboxylic acids is 1. The number of hydrogen-bond donors (Lipinski definition) is 3. The molecule has 0 aromatic carbocycles. The second kappa shape index (κ2) is 4.56. The molecule has 0 spiro atoms. The van der Waals surface area contributed by atoms with Crippen LogP contribution in [0.1, 0.15) is 10.5 Å². The Morgan fingerprint density at radius 2 is 2.33 bits per heavy atom. The van der Waals surface area contributed by atoms with Crippen LogP contribution in [-0.4, -0.2) is 44.5 Å². The Hall–Kier alpha value is -1.89. The third-order valence-corrected chi connectivity index (χ3v) is 1.84. The molecular formula is C8H11N3O4. The topological polar surface area (TPSA) is 104 Å². The molecule has 0 aliphatic heterocycles. The molecule has 0 bridgehead atoms. The summed E-state index contributed by atoms with van der Waals surface area (Å²) in [5, 5.41) is 23.2. The summed E-state index contributed by atoms with van der Waals surface area (Å²) in [5.74, 6) is -1.87. The predicted molar refractivity (Wildman–Crippen MR) is 49.2 cm³/mol. The first-order valence-corrected chi connectivity index (χ1v) is 4.18. The van der Waals surface area contributed by atoms with Gasteiger partial charge in [0.25, 0.3) is 5.91 Å². The minimum atomic E-state index is -1.30. The van der Waals surface area contributed by atoms with Crippen LogP contribution in [0.5, 0.6) is 0 Å². The van der Waals surface area contributed by atoms with Gasteiger partial charge in [0.05, 0.1) is 6.61 Å². The molecule has 7 heteroatoms. The van der Waals surface area contributed by atoms with E-state index in [9.17, 15) is 9.59 Å². The van der Waals surface area contributed by atoms with Crippen LogP contribution in [0.25, 0.3) is 0 Å². The van der Waals surface area contributed by atoms with Gasteiger partial charge in [-0.25, -0.2) is 4.79 Å². The fourth-order valence-electron chi connectivity index (χ4n) is 1.01. The summed E-state index contributed by atoms with van der Waals surface area (Å²) in [5.41, 5.74) is 0.231. The lowest BCUT2D eigenvalue weighted by atomic mass is 10.3. The predicted octanol–water partition coefficient (Wildman–Crippen LogP) is -1.40. The lowest BCUT2D eigenvalue weighted by Gasteiger charge is -2.11. The number of aryl methyl sites for hydroxylation is 1. The van der Waals surface area contributed by atoms with Crippen molar-refractivity contribution in [3.63, 3.8) is 0 Å². The number of aliphatic carboxylic acids is 1. The average molecular weight is 213 g/mol. The number of hydrogen-bond acceptors (Lipinski definition) is 4. The number of aromatic nitrogens is 2. The monoisotopic (exact) mass is 213 g/mol. The van der Waals surface area contributed by atoms with Crippen molar-refractivity contribution in [2.45, 2.75) is 6.04 Å². The standard InChI is InChI=1S/C8H11N3O4/c1-11-6(2-3-9-11)7(13)10-5(4-12)8(14)15/h2-3,5,12H,4H2,1H3,(H,10,13)(H,14,15)/t5-/m1/s1. The third kappa shape index (κ3) is 2.53. The minimum absolute atomic E-state index is 0.231. The first-order chi connectivity index (χ1) is 7.06. The lowest BCUT2D eigenvalue weighted by Crippen LogP contribution is -2.43. The molecule has 0 unspecified atom stereocenters. The molecule has 0 saturated carbocycles. The second-order valence-corrected chi connectivity index (χ2v) is 2.89. The summed E-state index contributed by atoms with van der Waals surface area (Å²) in [4.78, 5) is 22.0. The molecule has 1 amide bonds. The van der Waals surface area contributed by atoms with Gasteiger partial charge in [0, 0.05) is 13.2 Å².